The Morgan fingerprint density at radius 3 is 2.41 bits per heavy atom. The summed E-state index contributed by atoms with van der Waals surface area (Å²) in [7, 11) is 0. The van der Waals surface area contributed by atoms with Gasteiger partial charge in [-0.05, 0) is 12.1 Å². The molecule has 0 bridgehead atoms. The van der Waals surface area contributed by atoms with Gasteiger partial charge in [0.05, 0.1) is 12.2 Å². The van der Waals surface area contributed by atoms with Crippen LogP contribution in [0.2, 0.25) is 0 Å². The van der Waals surface area contributed by atoms with Crippen LogP contribution >= 0.6 is 0 Å². The van der Waals surface area contributed by atoms with Crippen LogP contribution in [-0.2, 0) is 10.9 Å². The SMILES string of the molecule is O=c1cc(C(F)(F)F)c2ccc(O[C@@H]3O[C@H](CO)[C@@H](O)[C@H](O)[C@H]3O)cc2o1. The predicted octanol–water partition coefficient (Wildman–Crippen LogP) is -0.00950. The fourth-order valence-electron chi connectivity index (χ4n) is 2.75. The fraction of sp³-hybridized carbons (Fsp3) is 0.438. The maximum atomic E-state index is 13.0. The van der Waals surface area contributed by atoms with Crippen molar-refractivity contribution in [3.63, 3.8) is 0 Å². The van der Waals surface area contributed by atoms with Crippen molar-refractivity contribution < 1.29 is 47.5 Å². The van der Waals surface area contributed by atoms with Gasteiger partial charge in [0.25, 0.3) is 0 Å². The van der Waals surface area contributed by atoms with E-state index < -0.39 is 60.3 Å². The zero-order chi connectivity index (χ0) is 19.9. The van der Waals surface area contributed by atoms with Gasteiger partial charge in [0, 0.05) is 17.5 Å². The zero-order valence-corrected chi connectivity index (χ0v) is 13.5. The van der Waals surface area contributed by atoms with E-state index in [9.17, 15) is 33.3 Å². The van der Waals surface area contributed by atoms with Crippen molar-refractivity contribution in [3.05, 3.63) is 40.2 Å². The Kier molecular flexibility index (Phi) is 5.14. The van der Waals surface area contributed by atoms with Crippen LogP contribution in [0.4, 0.5) is 13.2 Å². The van der Waals surface area contributed by atoms with E-state index in [1.54, 1.807) is 0 Å². The molecule has 0 spiro atoms. The number of fused-ring (bicyclic) bond motifs is 1. The summed E-state index contributed by atoms with van der Waals surface area (Å²) in [5.41, 5.74) is -2.79. The van der Waals surface area contributed by atoms with Crippen molar-refractivity contribution in [2.45, 2.75) is 36.9 Å². The number of hydrogen-bond acceptors (Lipinski definition) is 8. The highest BCUT2D eigenvalue weighted by Crippen LogP contribution is 2.35. The molecule has 148 valence electrons. The lowest BCUT2D eigenvalue weighted by Gasteiger charge is -2.39. The van der Waals surface area contributed by atoms with Crippen molar-refractivity contribution in [1.82, 2.24) is 0 Å². The minimum absolute atomic E-state index is 0.130. The average Bonchev–Trinajstić information content (AvgIpc) is 2.60. The first-order chi connectivity index (χ1) is 12.6. The first-order valence-corrected chi connectivity index (χ1v) is 7.74. The molecule has 1 aliphatic rings. The third kappa shape index (κ3) is 3.77. The van der Waals surface area contributed by atoms with Crippen molar-refractivity contribution in [2.24, 2.45) is 0 Å². The zero-order valence-electron chi connectivity index (χ0n) is 13.5. The molecule has 11 heteroatoms. The van der Waals surface area contributed by atoms with Gasteiger partial charge in [0.15, 0.2) is 0 Å². The van der Waals surface area contributed by atoms with E-state index in [-0.39, 0.29) is 11.1 Å². The molecule has 0 unspecified atom stereocenters. The standard InChI is InChI=1S/C16H15F3O8/c17-16(18,19)8-4-11(21)26-9-3-6(1-2-7(8)9)25-15-14(24)13(23)12(22)10(5-20)27-15/h1-4,10,12-15,20,22-24H,5H2/t10-,12-,13+,14-,15-/m1/s1. The Bertz CT molecular complexity index is 878. The summed E-state index contributed by atoms with van der Waals surface area (Å²) in [4.78, 5) is 11.4. The normalized spacial score (nSPS) is 29.1. The van der Waals surface area contributed by atoms with Gasteiger partial charge in [0.1, 0.15) is 35.7 Å². The van der Waals surface area contributed by atoms with Crippen molar-refractivity contribution in [3.8, 4) is 5.75 Å². The summed E-state index contributed by atoms with van der Waals surface area (Å²) in [5, 5.41) is 38.1. The molecule has 27 heavy (non-hydrogen) atoms. The number of hydrogen-bond donors (Lipinski definition) is 4. The molecular weight excluding hydrogens is 377 g/mol. The smallest absolute Gasteiger partial charge is 0.417 e. The first kappa shape index (κ1) is 19.6. The Morgan fingerprint density at radius 2 is 1.78 bits per heavy atom. The average molecular weight is 392 g/mol. The molecule has 1 aliphatic heterocycles. The summed E-state index contributed by atoms with van der Waals surface area (Å²) in [5.74, 6) is -0.130. The second-order valence-corrected chi connectivity index (χ2v) is 5.95. The van der Waals surface area contributed by atoms with E-state index >= 15 is 0 Å². The molecule has 8 nitrogen and oxygen atoms in total. The minimum Gasteiger partial charge on any atom is -0.462 e. The molecule has 2 heterocycles. The molecule has 0 radical (unpaired) electrons. The number of aliphatic hydroxyl groups excluding tert-OH is 4. The molecule has 0 amide bonds. The molecule has 5 atom stereocenters. The molecule has 1 aromatic carbocycles. The summed E-state index contributed by atoms with van der Waals surface area (Å²) >= 11 is 0. The lowest BCUT2D eigenvalue weighted by atomic mass is 9.99. The Balaban J connectivity index is 1.93. The van der Waals surface area contributed by atoms with Crippen LogP contribution in [0.15, 0.2) is 33.5 Å². The third-order valence-electron chi connectivity index (χ3n) is 4.12. The lowest BCUT2D eigenvalue weighted by Crippen LogP contribution is -2.60. The lowest BCUT2D eigenvalue weighted by molar-refractivity contribution is -0.277. The Hall–Kier alpha value is -2.18. The van der Waals surface area contributed by atoms with E-state index in [0.717, 1.165) is 18.2 Å². The van der Waals surface area contributed by atoms with Crippen LogP contribution < -0.4 is 10.4 Å². The van der Waals surface area contributed by atoms with Gasteiger partial charge in [-0.15, -0.1) is 0 Å². The maximum Gasteiger partial charge on any atom is 0.417 e. The summed E-state index contributed by atoms with van der Waals surface area (Å²) in [6.45, 7) is -0.674. The van der Waals surface area contributed by atoms with Crippen LogP contribution in [0.1, 0.15) is 5.56 Å². The van der Waals surface area contributed by atoms with Crippen LogP contribution in [-0.4, -0.2) is 57.7 Å². The van der Waals surface area contributed by atoms with Gasteiger partial charge in [-0.2, -0.15) is 13.2 Å². The maximum absolute atomic E-state index is 13.0. The van der Waals surface area contributed by atoms with Crippen molar-refractivity contribution in [1.29, 1.82) is 0 Å². The summed E-state index contributed by atoms with van der Waals surface area (Å²) in [6, 6.07) is 3.47. The van der Waals surface area contributed by atoms with Gasteiger partial charge in [-0.25, -0.2) is 4.79 Å². The van der Waals surface area contributed by atoms with Crippen LogP contribution in [0.5, 0.6) is 5.75 Å². The number of rotatable bonds is 3. The van der Waals surface area contributed by atoms with Gasteiger partial charge < -0.3 is 34.3 Å². The number of ether oxygens (including phenoxy) is 2. The van der Waals surface area contributed by atoms with Crippen LogP contribution in [0.3, 0.4) is 0 Å². The van der Waals surface area contributed by atoms with E-state index in [4.69, 9.17) is 19.0 Å². The molecule has 1 saturated heterocycles. The Morgan fingerprint density at radius 1 is 1.07 bits per heavy atom. The molecule has 0 aliphatic carbocycles. The van der Waals surface area contributed by atoms with Gasteiger partial charge in [0.2, 0.25) is 6.29 Å². The molecule has 4 N–H and O–H groups in total. The molecular formula is C16H15F3O8. The van der Waals surface area contributed by atoms with E-state index in [2.05, 4.69) is 0 Å². The van der Waals surface area contributed by atoms with E-state index in [0.29, 0.717) is 6.07 Å². The van der Waals surface area contributed by atoms with Gasteiger partial charge in [-0.3, -0.25) is 0 Å². The van der Waals surface area contributed by atoms with Crippen LogP contribution in [0.25, 0.3) is 11.0 Å². The Labute approximate surface area is 149 Å². The monoisotopic (exact) mass is 392 g/mol. The molecule has 1 fully saturated rings. The van der Waals surface area contributed by atoms with E-state index in [1.807, 2.05) is 0 Å². The molecule has 1 aromatic heterocycles. The van der Waals surface area contributed by atoms with Crippen LogP contribution in [0, 0.1) is 0 Å². The number of alkyl halides is 3. The van der Waals surface area contributed by atoms with Crippen molar-refractivity contribution >= 4 is 11.0 Å². The fourth-order valence-corrected chi connectivity index (χ4v) is 2.75. The van der Waals surface area contributed by atoms with Gasteiger partial charge >= 0.3 is 11.8 Å². The predicted molar refractivity (Wildman–Crippen MR) is 81.9 cm³/mol. The van der Waals surface area contributed by atoms with Gasteiger partial charge in [-0.1, -0.05) is 0 Å². The highest BCUT2D eigenvalue weighted by molar-refractivity contribution is 5.82. The second kappa shape index (κ2) is 7.09. The van der Waals surface area contributed by atoms with Crippen molar-refractivity contribution in [2.75, 3.05) is 6.61 Å². The van der Waals surface area contributed by atoms with E-state index in [1.165, 1.54) is 0 Å². The minimum atomic E-state index is -4.77. The topological polar surface area (TPSA) is 130 Å². The third-order valence-corrected chi connectivity index (χ3v) is 4.12. The molecule has 2 aromatic rings. The highest BCUT2D eigenvalue weighted by atomic mass is 19.4. The number of halogens is 3. The highest BCUT2D eigenvalue weighted by Gasteiger charge is 2.44. The largest absolute Gasteiger partial charge is 0.462 e. The number of aliphatic hydroxyl groups is 4. The summed E-state index contributed by atoms with van der Waals surface area (Å²) in [6.07, 6.45) is -12.5. The quantitative estimate of drug-likeness (QED) is 0.537. The second-order valence-electron chi connectivity index (χ2n) is 5.95. The molecule has 3 rings (SSSR count). The first-order valence-electron chi connectivity index (χ1n) is 7.74. The molecule has 0 saturated carbocycles. The number of benzene rings is 1. The summed E-state index contributed by atoms with van der Waals surface area (Å²) < 4.78 is 54.3.